The van der Waals surface area contributed by atoms with Gasteiger partial charge in [-0.25, -0.2) is 0 Å². The van der Waals surface area contributed by atoms with Crippen LogP contribution in [0.4, 0.5) is 0 Å². The molecule has 4 nitrogen and oxygen atoms in total. The Morgan fingerprint density at radius 1 is 0.852 bits per heavy atom. The molecule has 3 N–H and O–H groups in total. The van der Waals surface area contributed by atoms with E-state index in [4.69, 9.17) is 5.41 Å². The summed E-state index contributed by atoms with van der Waals surface area (Å²) in [7, 11) is 0. The molecule has 3 rings (SSSR count). The fourth-order valence-corrected chi connectivity index (χ4v) is 2.62. The lowest BCUT2D eigenvalue weighted by Gasteiger charge is -2.08. The van der Waals surface area contributed by atoms with Gasteiger partial charge in [0.1, 0.15) is 0 Å². The quantitative estimate of drug-likeness (QED) is 0.365. The fourth-order valence-electron chi connectivity index (χ4n) is 2.62. The van der Waals surface area contributed by atoms with Crippen molar-refractivity contribution in [1.82, 2.24) is 10.6 Å². The summed E-state index contributed by atoms with van der Waals surface area (Å²) in [5, 5.41) is 13.2. The zero-order chi connectivity index (χ0) is 18.9. The van der Waals surface area contributed by atoms with Crippen LogP contribution in [0.5, 0.6) is 0 Å². The lowest BCUT2D eigenvalue weighted by molar-refractivity contribution is -0.115. The summed E-state index contributed by atoms with van der Waals surface area (Å²) >= 11 is 0. The van der Waals surface area contributed by atoms with E-state index < -0.39 is 0 Å². The van der Waals surface area contributed by atoms with E-state index in [0.717, 1.165) is 22.3 Å². The highest BCUT2D eigenvalue weighted by atomic mass is 16.1. The molecule has 0 atom stereocenters. The van der Waals surface area contributed by atoms with Crippen LogP contribution in [0.25, 0.3) is 17.2 Å². The van der Waals surface area contributed by atoms with Gasteiger partial charge in [0.05, 0.1) is 0 Å². The van der Waals surface area contributed by atoms with Crippen molar-refractivity contribution in [3.05, 3.63) is 102 Å². The molecule has 3 aromatic rings. The maximum Gasteiger partial charge on any atom is 0.250 e. The zero-order valence-electron chi connectivity index (χ0n) is 14.9. The second-order valence-corrected chi connectivity index (χ2v) is 6.03. The molecule has 0 saturated heterocycles. The number of hydrogen-bond donors (Lipinski definition) is 3. The van der Waals surface area contributed by atoms with Crippen LogP contribution in [-0.2, 0) is 11.3 Å². The third kappa shape index (κ3) is 5.68. The van der Waals surface area contributed by atoms with Crippen LogP contribution < -0.4 is 10.6 Å². The molecule has 0 spiro atoms. The number of hydrogen-bond acceptors (Lipinski definition) is 2. The number of guanidine groups is 1. The van der Waals surface area contributed by atoms with Gasteiger partial charge < -0.3 is 5.32 Å². The van der Waals surface area contributed by atoms with Crippen molar-refractivity contribution in [2.24, 2.45) is 0 Å². The molecule has 0 unspecified atom stereocenters. The van der Waals surface area contributed by atoms with E-state index in [9.17, 15) is 4.79 Å². The summed E-state index contributed by atoms with van der Waals surface area (Å²) in [6.07, 6.45) is 3.18. The van der Waals surface area contributed by atoms with Crippen molar-refractivity contribution in [3.8, 4) is 11.1 Å². The molecule has 4 heteroatoms. The Morgan fingerprint density at radius 3 is 2.26 bits per heavy atom. The summed E-state index contributed by atoms with van der Waals surface area (Å²) in [5.74, 6) is -0.364. The molecule has 0 aliphatic carbocycles. The summed E-state index contributed by atoms with van der Waals surface area (Å²) in [4.78, 5) is 12.0. The minimum atomic E-state index is -0.342. The van der Waals surface area contributed by atoms with Crippen LogP contribution in [0, 0.1) is 5.41 Å². The number of amides is 1. The first-order valence-corrected chi connectivity index (χ1v) is 8.71. The molecule has 0 aliphatic rings. The maximum atomic E-state index is 12.0. The van der Waals surface area contributed by atoms with Crippen LogP contribution >= 0.6 is 0 Å². The van der Waals surface area contributed by atoms with Gasteiger partial charge in [-0.3, -0.25) is 15.5 Å². The van der Waals surface area contributed by atoms with Crippen LogP contribution in [0.15, 0.2) is 91.0 Å². The van der Waals surface area contributed by atoms with Gasteiger partial charge in [0.15, 0.2) is 5.96 Å². The second kappa shape index (κ2) is 9.15. The molecule has 27 heavy (non-hydrogen) atoms. The monoisotopic (exact) mass is 355 g/mol. The van der Waals surface area contributed by atoms with E-state index in [2.05, 4.69) is 22.8 Å². The molecule has 0 heterocycles. The predicted octanol–water partition coefficient (Wildman–Crippen LogP) is 4.21. The van der Waals surface area contributed by atoms with Crippen molar-refractivity contribution in [3.63, 3.8) is 0 Å². The highest BCUT2D eigenvalue weighted by Gasteiger charge is 2.01. The van der Waals surface area contributed by atoms with Gasteiger partial charge in [0.2, 0.25) is 0 Å². The SMILES string of the molecule is N=C(NCc1ccccc1)NC(=O)C=Cc1cccc(-c2ccccc2)c1. The summed E-state index contributed by atoms with van der Waals surface area (Å²) in [6.45, 7) is 0.489. The number of carbonyl (C=O) groups excluding carboxylic acids is 1. The molecule has 0 bridgehead atoms. The Labute approximate surface area is 159 Å². The van der Waals surface area contributed by atoms with E-state index >= 15 is 0 Å². The van der Waals surface area contributed by atoms with E-state index in [1.165, 1.54) is 6.08 Å². The van der Waals surface area contributed by atoms with Crippen molar-refractivity contribution >= 4 is 17.9 Å². The highest BCUT2D eigenvalue weighted by molar-refractivity contribution is 6.03. The van der Waals surface area contributed by atoms with Crippen molar-refractivity contribution < 1.29 is 4.79 Å². The van der Waals surface area contributed by atoms with Crippen LogP contribution in [0.1, 0.15) is 11.1 Å². The molecule has 3 aromatic carbocycles. The minimum Gasteiger partial charge on any atom is -0.352 e. The molecule has 134 valence electrons. The third-order valence-electron chi connectivity index (χ3n) is 3.98. The van der Waals surface area contributed by atoms with E-state index in [0.29, 0.717) is 6.54 Å². The number of carbonyl (C=O) groups is 1. The molecular weight excluding hydrogens is 334 g/mol. The number of benzene rings is 3. The van der Waals surface area contributed by atoms with Crippen LogP contribution in [-0.4, -0.2) is 11.9 Å². The topological polar surface area (TPSA) is 65.0 Å². The lowest BCUT2D eigenvalue weighted by Crippen LogP contribution is -2.38. The lowest BCUT2D eigenvalue weighted by atomic mass is 10.0. The smallest absolute Gasteiger partial charge is 0.250 e. The van der Waals surface area contributed by atoms with Crippen LogP contribution in [0.2, 0.25) is 0 Å². The normalized spacial score (nSPS) is 10.5. The van der Waals surface area contributed by atoms with Crippen LogP contribution in [0.3, 0.4) is 0 Å². The summed E-state index contributed by atoms with van der Waals surface area (Å²) in [6, 6.07) is 27.8. The Morgan fingerprint density at radius 2 is 1.52 bits per heavy atom. The van der Waals surface area contributed by atoms with Gasteiger partial charge in [0, 0.05) is 12.6 Å². The Balaban J connectivity index is 1.54. The second-order valence-electron chi connectivity index (χ2n) is 6.03. The molecule has 0 saturated carbocycles. The molecule has 0 radical (unpaired) electrons. The Kier molecular flexibility index (Phi) is 6.15. The first-order valence-electron chi connectivity index (χ1n) is 8.71. The first-order chi connectivity index (χ1) is 13.2. The Hall–Kier alpha value is -3.66. The maximum absolute atomic E-state index is 12.0. The van der Waals surface area contributed by atoms with E-state index in [1.807, 2.05) is 72.8 Å². The number of rotatable bonds is 5. The van der Waals surface area contributed by atoms with E-state index in [1.54, 1.807) is 6.08 Å². The molecule has 0 aliphatic heterocycles. The molecule has 0 aromatic heterocycles. The van der Waals surface area contributed by atoms with Crippen molar-refractivity contribution in [2.75, 3.05) is 0 Å². The predicted molar refractivity (Wildman–Crippen MR) is 110 cm³/mol. The first kappa shape index (κ1) is 18.1. The van der Waals surface area contributed by atoms with Gasteiger partial charge >= 0.3 is 0 Å². The minimum absolute atomic E-state index is 0.0217. The fraction of sp³-hybridized carbons (Fsp3) is 0.0435. The zero-order valence-corrected chi connectivity index (χ0v) is 14.9. The summed E-state index contributed by atoms with van der Waals surface area (Å²) < 4.78 is 0. The number of nitrogens with one attached hydrogen (secondary N) is 3. The van der Waals surface area contributed by atoms with Crippen molar-refractivity contribution in [1.29, 1.82) is 5.41 Å². The molecule has 0 fully saturated rings. The van der Waals surface area contributed by atoms with Gasteiger partial charge in [0.25, 0.3) is 5.91 Å². The highest BCUT2D eigenvalue weighted by Crippen LogP contribution is 2.20. The van der Waals surface area contributed by atoms with Crippen molar-refractivity contribution in [2.45, 2.75) is 6.54 Å². The molecule has 1 amide bonds. The van der Waals surface area contributed by atoms with E-state index in [-0.39, 0.29) is 11.9 Å². The average molecular weight is 355 g/mol. The third-order valence-corrected chi connectivity index (χ3v) is 3.98. The average Bonchev–Trinajstić information content (AvgIpc) is 2.72. The standard InChI is InChI=1S/C23H21N3O/c24-23(25-17-19-8-3-1-4-9-19)26-22(27)15-14-18-10-7-13-21(16-18)20-11-5-2-6-12-20/h1-16H,17H2,(H3,24,25,26,27). The molecular formula is C23H21N3O. The van der Waals surface area contributed by atoms with Gasteiger partial charge in [-0.2, -0.15) is 0 Å². The van der Waals surface area contributed by atoms with Gasteiger partial charge in [-0.05, 0) is 34.4 Å². The van der Waals surface area contributed by atoms with Gasteiger partial charge in [-0.15, -0.1) is 0 Å². The Bertz CT molecular complexity index is 934. The largest absolute Gasteiger partial charge is 0.352 e. The summed E-state index contributed by atoms with van der Waals surface area (Å²) in [5.41, 5.74) is 4.19. The van der Waals surface area contributed by atoms with Gasteiger partial charge in [-0.1, -0.05) is 78.9 Å².